The lowest BCUT2D eigenvalue weighted by atomic mass is 10.0. The number of nitrogens with two attached hydrogens (primary N) is 1. The molecule has 168 valence electrons. The van der Waals surface area contributed by atoms with Crippen LogP contribution in [0.15, 0.2) is 85.1 Å². The molecule has 1 saturated heterocycles. The van der Waals surface area contributed by atoms with E-state index in [-0.39, 0.29) is 0 Å². The molecule has 0 bridgehead atoms. The van der Waals surface area contributed by atoms with Crippen molar-refractivity contribution in [3.05, 3.63) is 96.3 Å². The fourth-order valence-electron chi connectivity index (χ4n) is 4.78. The van der Waals surface area contributed by atoms with Crippen LogP contribution in [-0.2, 0) is 6.42 Å². The molecule has 1 aliphatic heterocycles. The molecule has 3 aromatic carbocycles. The highest BCUT2D eigenvalue weighted by Gasteiger charge is 2.22. The van der Waals surface area contributed by atoms with E-state index in [1.807, 2.05) is 12.1 Å². The Morgan fingerprint density at radius 3 is 2.24 bits per heavy atom. The fourth-order valence-corrected chi connectivity index (χ4v) is 4.78. The van der Waals surface area contributed by atoms with Crippen LogP contribution < -0.4 is 15.5 Å². The van der Waals surface area contributed by atoms with Gasteiger partial charge in [0.2, 0.25) is 0 Å². The van der Waals surface area contributed by atoms with Gasteiger partial charge in [-0.1, -0.05) is 66.7 Å². The number of rotatable bonds is 4. The number of hydrogen-bond acceptors (Lipinski definition) is 6. The summed E-state index contributed by atoms with van der Waals surface area (Å²) in [5.74, 6) is 1.93. The summed E-state index contributed by atoms with van der Waals surface area (Å²) in [5.41, 5.74) is 8.73. The van der Waals surface area contributed by atoms with E-state index in [0.29, 0.717) is 5.69 Å². The van der Waals surface area contributed by atoms with Crippen LogP contribution in [0.1, 0.15) is 11.3 Å². The molecule has 5 aromatic rings. The molecule has 0 unspecified atom stereocenters. The number of hydrogen-bond donors (Lipinski definition) is 1. The fraction of sp³-hybridized carbons (Fsp3) is 0.179. The predicted octanol–water partition coefficient (Wildman–Crippen LogP) is 4.68. The van der Waals surface area contributed by atoms with Crippen molar-refractivity contribution in [3.63, 3.8) is 0 Å². The van der Waals surface area contributed by atoms with E-state index in [1.54, 1.807) is 6.20 Å². The second-order valence-electron chi connectivity index (χ2n) is 8.80. The minimum atomic E-state index is 0.688. The molecular formula is C28H26N6. The summed E-state index contributed by atoms with van der Waals surface area (Å²) in [6.07, 6.45) is 2.48. The Balaban J connectivity index is 1.26. The van der Waals surface area contributed by atoms with Gasteiger partial charge >= 0.3 is 0 Å². The molecule has 6 heteroatoms. The van der Waals surface area contributed by atoms with Crippen molar-refractivity contribution in [2.75, 3.05) is 41.7 Å². The van der Waals surface area contributed by atoms with Crippen molar-refractivity contribution >= 4 is 38.9 Å². The molecule has 3 heterocycles. The maximum absolute atomic E-state index is 5.79. The topological polar surface area (TPSA) is 71.2 Å². The summed E-state index contributed by atoms with van der Waals surface area (Å²) in [4.78, 5) is 9.10. The second kappa shape index (κ2) is 8.63. The summed E-state index contributed by atoms with van der Waals surface area (Å²) in [5, 5.41) is 14.3. The average molecular weight is 447 g/mol. The third-order valence-electron chi connectivity index (χ3n) is 6.60. The van der Waals surface area contributed by atoms with Crippen molar-refractivity contribution in [1.82, 2.24) is 15.2 Å². The zero-order chi connectivity index (χ0) is 22.9. The molecule has 0 aliphatic carbocycles. The van der Waals surface area contributed by atoms with Gasteiger partial charge in [0.15, 0.2) is 5.82 Å². The maximum atomic E-state index is 5.79. The molecule has 6 rings (SSSR count). The molecule has 0 radical (unpaired) electrons. The summed E-state index contributed by atoms with van der Waals surface area (Å²) < 4.78 is 0. The molecule has 0 saturated carbocycles. The van der Waals surface area contributed by atoms with E-state index in [0.717, 1.165) is 55.3 Å². The van der Waals surface area contributed by atoms with Crippen LogP contribution in [0.25, 0.3) is 21.5 Å². The first-order valence-corrected chi connectivity index (χ1v) is 11.7. The molecule has 1 aliphatic rings. The Hall–Kier alpha value is -4.19. The van der Waals surface area contributed by atoms with E-state index in [9.17, 15) is 0 Å². The minimum Gasteiger partial charge on any atom is -0.397 e. The van der Waals surface area contributed by atoms with Crippen LogP contribution in [0.3, 0.4) is 0 Å². The van der Waals surface area contributed by atoms with E-state index < -0.39 is 0 Å². The SMILES string of the molecule is Nc1ccc(N2CCN(c3nnc(Cc4ccc5ccccc5c4)c4ccccc34)CC2)nc1. The molecule has 34 heavy (non-hydrogen) atoms. The number of nitrogen functional groups attached to an aromatic ring is 1. The quantitative estimate of drug-likeness (QED) is 0.432. The van der Waals surface area contributed by atoms with Gasteiger partial charge in [0.25, 0.3) is 0 Å². The number of fused-ring (bicyclic) bond motifs is 2. The van der Waals surface area contributed by atoms with Crippen LogP contribution in [0.2, 0.25) is 0 Å². The lowest BCUT2D eigenvalue weighted by Gasteiger charge is -2.36. The zero-order valence-electron chi connectivity index (χ0n) is 18.9. The third-order valence-corrected chi connectivity index (χ3v) is 6.60. The number of benzene rings is 3. The van der Waals surface area contributed by atoms with Crippen molar-refractivity contribution in [1.29, 1.82) is 0 Å². The van der Waals surface area contributed by atoms with Crippen LogP contribution in [0.5, 0.6) is 0 Å². The van der Waals surface area contributed by atoms with Gasteiger partial charge in [0.05, 0.1) is 17.6 Å². The number of pyridine rings is 1. The zero-order valence-corrected chi connectivity index (χ0v) is 18.9. The summed E-state index contributed by atoms with van der Waals surface area (Å²) in [6.45, 7) is 3.50. The Morgan fingerprint density at radius 2 is 1.44 bits per heavy atom. The number of nitrogens with zero attached hydrogens (tertiary/aromatic N) is 5. The number of anilines is 3. The second-order valence-corrected chi connectivity index (χ2v) is 8.80. The van der Waals surface area contributed by atoms with Gasteiger partial charge in [-0.3, -0.25) is 0 Å². The lowest BCUT2D eigenvalue weighted by molar-refractivity contribution is 0.639. The van der Waals surface area contributed by atoms with E-state index in [4.69, 9.17) is 15.9 Å². The van der Waals surface area contributed by atoms with Crippen LogP contribution in [0.4, 0.5) is 17.3 Å². The Morgan fingerprint density at radius 1 is 0.706 bits per heavy atom. The van der Waals surface area contributed by atoms with Crippen LogP contribution in [0, 0.1) is 0 Å². The van der Waals surface area contributed by atoms with Gasteiger partial charge < -0.3 is 15.5 Å². The van der Waals surface area contributed by atoms with Crippen molar-refractivity contribution in [2.24, 2.45) is 0 Å². The van der Waals surface area contributed by atoms with Crippen LogP contribution >= 0.6 is 0 Å². The van der Waals surface area contributed by atoms with Crippen molar-refractivity contribution in [3.8, 4) is 0 Å². The molecule has 0 spiro atoms. The van der Waals surface area contributed by atoms with E-state index in [1.165, 1.54) is 21.7 Å². The Labute approximate surface area is 198 Å². The number of aromatic nitrogens is 3. The first kappa shape index (κ1) is 20.4. The van der Waals surface area contributed by atoms with Gasteiger partial charge in [-0.2, -0.15) is 5.10 Å². The standard InChI is InChI=1S/C28H26N6/c29-23-11-12-27(30-19-23)33-13-15-34(16-14-33)28-25-8-4-3-7-24(25)26(31-32-28)18-20-9-10-21-5-1-2-6-22(21)17-20/h1-12,17,19H,13-16,18,29H2. The molecule has 0 atom stereocenters. The predicted molar refractivity (Wildman–Crippen MR) is 139 cm³/mol. The van der Waals surface area contributed by atoms with Gasteiger partial charge in [-0.15, -0.1) is 5.10 Å². The van der Waals surface area contributed by atoms with E-state index in [2.05, 4.69) is 81.5 Å². The first-order chi connectivity index (χ1) is 16.7. The van der Waals surface area contributed by atoms with Gasteiger partial charge in [-0.25, -0.2) is 4.98 Å². The highest BCUT2D eigenvalue weighted by molar-refractivity contribution is 5.94. The van der Waals surface area contributed by atoms with Crippen molar-refractivity contribution < 1.29 is 0 Å². The lowest BCUT2D eigenvalue weighted by Crippen LogP contribution is -2.47. The molecule has 2 aromatic heterocycles. The highest BCUT2D eigenvalue weighted by Crippen LogP contribution is 2.29. The molecule has 2 N–H and O–H groups in total. The van der Waals surface area contributed by atoms with Crippen molar-refractivity contribution in [2.45, 2.75) is 6.42 Å². The smallest absolute Gasteiger partial charge is 0.159 e. The molecule has 6 nitrogen and oxygen atoms in total. The molecule has 1 fully saturated rings. The Kier molecular flexibility index (Phi) is 5.18. The first-order valence-electron chi connectivity index (χ1n) is 11.7. The normalized spacial score (nSPS) is 14.1. The Bertz CT molecular complexity index is 1460. The average Bonchev–Trinajstić information content (AvgIpc) is 2.89. The summed E-state index contributed by atoms with van der Waals surface area (Å²) >= 11 is 0. The summed E-state index contributed by atoms with van der Waals surface area (Å²) in [6, 6.07) is 27.5. The minimum absolute atomic E-state index is 0.688. The summed E-state index contributed by atoms with van der Waals surface area (Å²) in [7, 11) is 0. The van der Waals surface area contributed by atoms with Crippen LogP contribution in [-0.4, -0.2) is 41.4 Å². The van der Waals surface area contributed by atoms with Gasteiger partial charge in [-0.05, 0) is 28.5 Å². The molecular weight excluding hydrogens is 420 g/mol. The largest absolute Gasteiger partial charge is 0.397 e. The number of piperazine rings is 1. The highest BCUT2D eigenvalue weighted by atomic mass is 15.3. The van der Waals surface area contributed by atoms with Gasteiger partial charge in [0.1, 0.15) is 5.82 Å². The van der Waals surface area contributed by atoms with Gasteiger partial charge in [0, 0.05) is 43.4 Å². The maximum Gasteiger partial charge on any atom is 0.159 e. The third kappa shape index (κ3) is 3.88. The monoisotopic (exact) mass is 446 g/mol. The van der Waals surface area contributed by atoms with E-state index >= 15 is 0 Å². The molecule has 0 amide bonds.